The largest absolute Gasteiger partial charge is 0.467 e. The first-order chi connectivity index (χ1) is 14.6. The average Bonchev–Trinajstić information content (AvgIpc) is 3.40. The lowest BCUT2D eigenvalue weighted by Gasteiger charge is -2.16. The average molecular weight is 425 g/mol. The van der Waals surface area contributed by atoms with Crippen LogP contribution in [-0.2, 0) is 30.6 Å². The van der Waals surface area contributed by atoms with Crippen LogP contribution in [0.4, 0.5) is 0 Å². The summed E-state index contributed by atoms with van der Waals surface area (Å²) in [4.78, 5) is 24.0. The van der Waals surface area contributed by atoms with Crippen molar-refractivity contribution in [1.29, 1.82) is 0 Å². The van der Waals surface area contributed by atoms with E-state index in [1.165, 1.54) is 35.7 Å². The number of hydrogen-bond donors (Lipinski definition) is 1. The van der Waals surface area contributed by atoms with Crippen LogP contribution in [0.5, 0.6) is 0 Å². The number of nitrogens with zero attached hydrogens (tertiary/aromatic N) is 3. The molecule has 4 rings (SSSR count). The molecule has 2 N–H and O–H groups in total. The number of Topliss-reactive ketones (excluding diaryl/α,β-unsaturated/α-hetero) is 1. The van der Waals surface area contributed by atoms with Gasteiger partial charge in [-0.1, -0.05) is 23.9 Å². The maximum atomic E-state index is 12.8. The predicted octanol–water partition coefficient (Wildman–Crippen LogP) is 3.19. The van der Waals surface area contributed by atoms with Crippen LogP contribution < -0.4 is 5.73 Å². The molecule has 156 valence electrons. The monoisotopic (exact) mass is 424 g/mol. The quantitative estimate of drug-likeness (QED) is 0.418. The van der Waals surface area contributed by atoms with E-state index in [0.29, 0.717) is 23.9 Å². The molecule has 7 nitrogen and oxygen atoms in total. The maximum absolute atomic E-state index is 12.8. The zero-order valence-corrected chi connectivity index (χ0v) is 17.5. The number of hydrogen-bond acceptors (Lipinski definition) is 6. The molecule has 0 radical (unpaired) electrons. The van der Waals surface area contributed by atoms with Crippen molar-refractivity contribution in [3.05, 3.63) is 64.9 Å². The first kappa shape index (κ1) is 20.4. The van der Waals surface area contributed by atoms with Gasteiger partial charge in [0.15, 0.2) is 10.9 Å². The van der Waals surface area contributed by atoms with E-state index in [-0.39, 0.29) is 23.9 Å². The van der Waals surface area contributed by atoms with Gasteiger partial charge < -0.3 is 10.2 Å². The van der Waals surface area contributed by atoms with Crippen molar-refractivity contribution < 1.29 is 14.0 Å². The molecule has 8 heteroatoms. The van der Waals surface area contributed by atoms with Gasteiger partial charge in [-0.25, -0.2) is 0 Å². The highest BCUT2D eigenvalue weighted by Gasteiger charge is 2.18. The highest BCUT2D eigenvalue weighted by molar-refractivity contribution is 7.99. The molecular formula is C22H24N4O3S. The Bertz CT molecular complexity index is 1040. The zero-order valence-electron chi connectivity index (χ0n) is 16.7. The molecule has 1 amide bonds. The third-order valence-electron chi connectivity index (χ3n) is 5.29. The summed E-state index contributed by atoms with van der Waals surface area (Å²) in [7, 11) is 0. The Labute approximate surface area is 179 Å². The summed E-state index contributed by atoms with van der Waals surface area (Å²) in [6.07, 6.45) is 6.74. The molecule has 1 aromatic carbocycles. The minimum Gasteiger partial charge on any atom is -0.467 e. The van der Waals surface area contributed by atoms with E-state index in [9.17, 15) is 9.59 Å². The molecule has 2 heterocycles. The van der Waals surface area contributed by atoms with E-state index in [4.69, 9.17) is 10.2 Å². The van der Waals surface area contributed by atoms with Crippen LogP contribution in [0.1, 0.15) is 52.3 Å². The Morgan fingerprint density at radius 3 is 2.73 bits per heavy atom. The zero-order chi connectivity index (χ0) is 20.9. The number of thioether (sulfide) groups is 1. The standard InChI is InChI=1S/C22H24N4O3S/c23-20(28)9-10-21-24-25-22(26(21)13-18-6-3-11-29-18)30-14-19(27)17-8-7-15-4-1-2-5-16(15)12-17/h3,6-8,11-12H,1-2,4-5,9-10,13-14H2,(H2,23,28). The lowest BCUT2D eigenvalue weighted by atomic mass is 9.90. The molecule has 0 saturated heterocycles. The highest BCUT2D eigenvalue weighted by Crippen LogP contribution is 2.25. The van der Waals surface area contributed by atoms with E-state index in [2.05, 4.69) is 16.3 Å². The van der Waals surface area contributed by atoms with Crippen molar-refractivity contribution >= 4 is 23.5 Å². The fourth-order valence-electron chi connectivity index (χ4n) is 3.68. The number of rotatable bonds is 9. The van der Waals surface area contributed by atoms with Gasteiger partial charge >= 0.3 is 0 Å². The smallest absolute Gasteiger partial charge is 0.217 e. The molecule has 0 saturated carbocycles. The third kappa shape index (κ3) is 4.81. The number of aromatic nitrogens is 3. The fraction of sp³-hybridized carbons (Fsp3) is 0.364. The molecule has 0 atom stereocenters. The van der Waals surface area contributed by atoms with Crippen molar-refractivity contribution in [2.75, 3.05) is 5.75 Å². The molecule has 0 bridgehead atoms. The highest BCUT2D eigenvalue weighted by atomic mass is 32.2. The summed E-state index contributed by atoms with van der Waals surface area (Å²) in [6.45, 7) is 0.434. The summed E-state index contributed by atoms with van der Waals surface area (Å²) in [6, 6.07) is 9.75. The Balaban J connectivity index is 1.48. The number of aryl methyl sites for hydroxylation is 3. The van der Waals surface area contributed by atoms with Crippen molar-refractivity contribution in [2.24, 2.45) is 5.73 Å². The van der Waals surface area contributed by atoms with Crippen LogP contribution in [0.3, 0.4) is 0 Å². The molecule has 1 aliphatic rings. The van der Waals surface area contributed by atoms with Crippen LogP contribution in [0.15, 0.2) is 46.2 Å². The van der Waals surface area contributed by atoms with E-state index in [1.807, 2.05) is 28.8 Å². The number of fused-ring (bicyclic) bond motifs is 1. The van der Waals surface area contributed by atoms with E-state index >= 15 is 0 Å². The van der Waals surface area contributed by atoms with Crippen molar-refractivity contribution in [3.63, 3.8) is 0 Å². The van der Waals surface area contributed by atoms with Gasteiger partial charge in [-0.3, -0.25) is 14.2 Å². The maximum Gasteiger partial charge on any atom is 0.217 e. The van der Waals surface area contributed by atoms with Crippen LogP contribution in [0.2, 0.25) is 0 Å². The Morgan fingerprint density at radius 1 is 1.13 bits per heavy atom. The SMILES string of the molecule is NC(=O)CCc1nnc(SCC(=O)c2ccc3c(c2)CCCC3)n1Cc1ccco1. The first-order valence-electron chi connectivity index (χ1n) is 10.1. The molecule has 2 aromatic heterocycles. The number of primary amides is 1. The van der Waals surface area contributed by atoms with Crippen molar-refractivity contribution in [1.82, 2.24) is 14.8 Å². The second-order valence-electron chi connectivity index (χ2n) is 7.43. The van der Waals surface area contributed by atoms with Gasteiger partial charge in [0.25, 0.3) is 0 Å². The summed E-state index contributed by atoms with van der Waals surface area (Å²) >= 11 is 1.35. The summed E-state index contributed by atoms with van der Waals surface area (Å²) in [5.74, 6) is 1.34. The van der Waals surface area contributed by atoms with Crippen molar-refractivity contribution in [2.45, 2.75) is 50.2 Å². The van der Waals surface area contributed by atoms with Crippen LogP contribution in [0.25, 0.3) is 0 Å². The molecule has 1 aliphatic carbocycles. The van der Waals surface area contributed by atoms with E-state index < -0.39 is 0 Å². The summed E-state index contributed by atoms with van der Waals surface area (Å²) in [5, 5.41) is 9.07. The minimum atomic E-state index is -0.390. The van der Waals surface area contributed by atoms with Crippen LogP contribution in [0, 0.1) is 0 Å². The Kier molecular flexibility index (Phi) is 6.32. The predicted molar refractivity (Wildman–Crippen MR) is 113 cm³/mol. The lowest BCUT2D eigenvalue weighted by Crippen LogP contribution is -2.14. The lowest BCUT2D eigenvalue weighted by molar-refractivity contribution is -0.118. The second-order valence-corrected chi connectivity index (χ2v) is 8.38. The topological polar surface area (TPSA) is 104 Å². The normalized spacial score (nSPS) is 13.2. The number of ketones is 1. The first-order valence-corrected chi connectivity index (χ1v) is 11.1. The molecule has 0 unspecified atom stereocenters. The summed E-state index contributed by atoms with van der Waals surface area (Å²) in [5.41, 5.74) is 8.69. The molecule has 0 fully saturated rings. The molecule has 0 aliphatic heterocycles. The number of amides is 1. The summed E-state index contributed by atoms with van der Waals surface area (Å²) < 4.78 is 7.33. The molecule has 0 spiro atoms. The van der Waals surface area contributed by atoms with Crippen LogP contribution >= 0.6 is 11.8 Å². The van der Waals surface area contributed by atoms with Crippen molar-refractivity contribution in [3.8, 4) is 0 Å². The van der Waals surface area contributed by atoms with Gasteiger partial charge in [-0.05, 0) is 55.0 Å². The van der Waals surface area contributed by atoms with Gasteiger partial charge in [0.1, 0.15) is 11.6 Å². The second kappa shape index (κ2) is 9.30. The van der Waals surface area contributed by atoms with Gasteiger partial charge in [0, 0.05) is 18.4 Å². The Hall–Kier alpha value is -2.87. The van der Waals surface area contributed by atoms with Gasteiger partial charge in [-0.15, -0.1) is 10.2 Å². The number of furan rings is 1. The third-order valence-corrected chi connectivity index (χ3v) is 6.25. The fourth-order valence-corrected chi connectivity index (χ4v) is 4.53. The molecule has 3 aromatic rings. The van der Waals surface area contributed by atoms with Crippen LogP contribution in [-0.4, -0.2) is 32.2 Å². The molecule has 30 heavy (non-hydrogen) atoms. The van der Waals surface area contributed by atoms with E-state index in [1.54, 1.807) is 6.26 Å². The number of carbonyl (C=O) groups excluding carboxylic acids is 2. The van der Waals surface area contributed by atoms with Gasteiger partial charge in [0.05, 0.1) is 18.6 Å². The molecular weight excluding hydrogens is 400 g/mol. The van der Waals surface area contributed by atoms with E-state index in [0.717, 1.165) is 24.2 Å². The number of nitrogens with two attached hydrogens (primary N) is 1. The Morgan fingerprint density at radius 2 is 1.97 bits per heavy atom. The minimum absolute atomic E-state index is 0.0691. The van der Waals surface area contributed by atoms with Gasteiger partial charge in [0.2, 0.25) is 5.91 Å². The number of carbonyl (C=O) groups is 2. The van der Waals surface area contributed by atoms with Gasteiger partial charge in [-0.2, -0.15) is 0 Å². The number of benzene rings is 1.